The van der Waals surface area contributed by atoms with E-state index in [1.165, 1.54) is 46.5 Å². The number of amides is 4. The predicted octanol–water partition coefficient (Wildman–Crippen LogP) is 3.28. The largest absolute Gasteiger partial charge is 0.493 e. The molecular weight excluding hydrogens is 1570 g/mol. The number of nitrogens with zero attached hydrogens (tertiary/aromatic N) is 2. The van der Waals surface area contributed by atoms with Gasteiger partial charge in [0.2, 0.25) is 5.91 Å². The third-order valence-corrected chi connectivity index (χ3v) is 18.1. The number of carboxylic acid groups (broad SMARTS) is 1. The quantitative estimate of drug-likeness (QED) is 0.00873. The number of aliphatic hydroxyl groups excluding tert-OH is 2. The number of nitro benzene ring substituents is 2. The number of carboxylic acids is 1. The molecule has 4 rings (SSSR count). The molecule has 2 aliphatic rings. The second-order valence-electron chi connectivity index (χ2n) is 24.6. The fraction of sp³-hybridized carbons (Fsp3) is 0.672. The SMILES string of the molecule is COC(=O)C(CSCc1cc(OC)c(OCCCC(=O)O)cc1[N+](=O)[O-])NC(=O)OC(C)(C)C.COC(=O)C(CSCc1cc(OC)c(OCCCC(=O)SCCNC(=O)C2OC(OC3C(O)C(COS(=O)(=O)O)OC(C)C3NC(C)=O)C(OS(=O)(=O)O)C(O)C2OC)cc1[N+](=O)[O-])NC(=O)OC(C)(C)C.CS. The Balaban J connectivity index is 0.000000917. The summed E-state index contributed by atoms with van der Waals surface area (Å²) in [5.74, 6) is -3.43. The smallest absolute Gasteiger partial charge is 0.408 e. The first kappa shape index (κ1) is 97.0. The molecule has 2 heterocycles. The van der Waals surface area contributed by atoms with Gasteiger partial charge in [0, 0.05) is 73.3 Å². The fourth-order valence-electron chi connectivity index (χ4n) is 9.54. The van der Waals surface area contributed by atoms with E-state index in [9.17, 15) is 90.2 Å². The molecule has 108 heavy (non-hydrogen) atoms. The van der Waals surface area contributed by atoms with Crippen LogP contribution in [0.25, 0.3) is 0 Å². The number of hydrogen-bond donors (Lipinski definition) is 10. The fourth-order valence-corrected chi connectivity index (χ4v) is 13.1. The minimum atomic E-state index is -5.41. The average Bonchev–Trinajstić information content (AvgIpc) is 0.771. The molecule has 0 aromatic heterocycles. The summed E-state index contributed by atoms with van der Waals surface area (Å²) < 4.78 is 138. The van der Waals surface area contributed by atoms with Crippen LogP contribution < -0.4 is 40.2 Å². The molecule has 0 bridgehead atoms. The number of alkyl carbamates (subject to hydrolysis) is 2. The Labute approximate surface area is 640 Å². The zero-order chi connectivity index (χ0) is 82.2. The second-order valence-corrected chi connectivity index (χ2v) is 29.9. The molecule has 0 saturated carbocycles. The van der Waals surface area contributed by atoms with Crippen molar-refractivity contribution in [2.45, 2.75) is 177 Å². The van der Waals surface area contributed by atoms with Crippen LogP contribution >= 0.6 is 47.9 Å². The molecule has 41 nitrogen and oxygen atoms in total. The number of thiol groups is 1. The number of nitro groups is 2. The highest BCUT2D eigenvalue weighted by Gasteiger charge is 2.55. The topological polar surface area (TPSA) is 570 Å². The average molecular weight is 1660 g/mol. The molecule has 0 radical (unpaired) electrons. The number of aliphatic carboxylic acids is 1. The van der Waals surface area contributed by atoms with Crippen molar-refractivity contribution < 1.29 is 155 Å². The third kappa shape index (κ3) is 34.9. The lowest BCUT2D eigenvalue weighted by atomic mass is 9.92. The van der Waals surface area contributed by atoms with Crippen LogP contribution in [0.3, 0.4) is 0 Å². The van der Waals surface area contributed by atoms with Crippen LogP contribution in [-0.2, 0) is 107 Å². The van der Waals surface area contributed by atoms with Crippen molar-refractivity contribution in [1.29, 1.82) is 0 Å². The van der Waals surface area contributed by atoms with Gasteiger partial charge < -0.3 is 93.4 Å². The molecule has 2 fully saturated rings. The molecule has 2 aliphatic heterocycles. The number of ether oxygens (including phenoxy) is 12. The minimum absolute atomic E-state index is 0.00761. The number of thioether (sulfide) groups is 3. The monoisotopic (exact) mass is 1660 g/mol. The van der Waals surface area contributed by atoms with E-state index in [0.29, 0.717) is 5.56 Å². The zero-order valence-corrected chi connectivity index (χ0v) is 66.3. The van der Waals surface area contributed by atoms with Gasteiger partial charge in [0.05, 0.1) is 82.4 Å². The molecule has 614 valence electrons. The van der Waals surface area contributed by atoms with Crippen molar-refractivity contribution in [3.8, 4) is 23.0 Å². The number of esters is 2. The third-order valence-electron chi connectivity index (χ3n) is 14.1. The van der Waals surface area contributed by atoms with Gasteiger partial charge in [0.1, 0.15) is 53.8 Å². The van der Waals surface area contributed by atoms with E-state index in [4.69, 9.17) is 66.5 Å². The van der Waals surface area contributed by atoms with E-state index in [0.717, 1.165) is 62.5 Å². The Morgan fingerprint density at radius 3 is 1.55 bits per heavy atom. The van der Waals surface area contributed by atoms with Crippen molar-refractivity contribution in [2.75, 3.05) is 85.4 Å². The molecule has 2 aromatic carbocycles. The summed E-state index contributed by atoms with van der Waals surface area (Å²) >= 11 is 6.59. The van der Waals surface area contributed by atoms with Crippen LogP contribution in [0.5, 0.6) is 23.0 Å². The lowest BCUT2D eigenvalue weighted by molar-refractivity contribution is -0.385. The van der Waals surface area contributed by atoms with Gasteiger partial charge >= 0.3 is 50.9 Å². The van der Waals surface area contributed by atoms with E-state index in [-0.39, 0.29) is 119 Å². The Kier molecular flexibility index (Phi) is 41.8. The number of benzene rings is 2. The van der Waals surface area contributed by atoms with E-state index in [2.05, 4.69) is 42.3 Å². The van der Waals surface area contributed by atoms with Crippen LogP contribution in [0.15, 0.2) is 24.3 Å². The number of aliphatic hydroxyl groups is 2. The number of carbonyl (C=O) groups excluding carboxylic acids is 7. The Morgan fingerprint density at radius 1 is 0.676 bits per heavy atom. The van der Waals surface area contributed by atoms with Crippen LogP contribution in [0.2, 0.25) is 0 Å². The highest BCUT2D eigenvalue weighted by Crippen LogP contribution is 2.39. The van der Waals surface area contributed by atoms with Gasteiger partial charge in [-0.1, -0.05) is 11.8 Å². The van der Waals surface area contributed by atoms with Gasteiger partial charge in [-0.05, 0) is 79.7 Å². The van der Waals surface area contributed by atoms with Crippen LogP contribution in [-0.4, -0.2) is 268 Å². The van der Waals surface area contributed by atoms with Crippen molar-refractivity contribution in [2.24, 2.45) is 0 Å². The van der Waals surface area contributed by atoms with Crippen LogP contribution in [0.1, 0.15) is 92.2 Å². The molecule has 12 atom stereocenters. The van der Waals surface area contributed by atoms with Gasteiger partial charge in [0.15, 0.2) is 46.6 Å². The lowest BCUT2D eigenvalue weighted by Crippen LogP contribution is -2.68. The molecule has 0 spiro atoms. The normalized spacial score (nSPS) is 20.5. The maximum absolute atomic E-state index is 13.5. The number of methoxy groups -OCH3 is 5. The summed E-state index contributed by atoms with van der Waals surface area (Å²) in [5.41, 5.74) is -1.63. The summed E-state index contributed by atoms with van der Waals surface area (Å²) in [5, 5.41) is 64.2. The number of rotatable bonds is 39. The summed E-state index contributed by atoms with van der Waals surface area (Å²) in [6.45, 7) is 11.2. The molecule has 12 unspecified atom stereocenters. The van der Waals surface area contributed by atoms with Gasteiger partial charge in [-0.25, -0.2) is 27.5 Å². The number of carbonyl (C=O) groups is 8. The summed E-state index contributed by atoms with van der Waals surface area (Å²) in [6.07, 6.45) is -16.2. The molecule has 2 saturated heterocycles. The van der Waals surface area contributed by atoms with Crippen molar-refractivity contribution in [3.63, 3.8) is 0 Å². The highest BCUT2D eigenvalue weighted by molar-refractivity contribution is 8.13. The first-order valence-electron chi connectivity index (χ1n) is 32.1. The molecule has 4 amide bonds. The Morgan fingerprint density at radius 2 is 1.15 bits per heavy atom. The van der Waals surface area contributed by atoms with Crippen molar-refractivity contribution in [1.82, 2.24) is 21.3 Å². The second kappa shape index (κ2) is 46.5. The predicted molar refractivity (Wildman–Crippen MR) is 387 cm³/mol. The molecule has 0 aliphatic carbocycles. The van der Waals surface area contributed by atoms with Gasteiger partial charge in [-0.3, -0.25) is 48.5 Å². The maximum Gasteiger partial charge on any atom is 0.408 e. The Hall–Kier alpha value is -7.10. The molecular formula is C61H94N6O35S6. The van der Waals surface area contributed by atoms with Crippen molar-refractivity contribution >= 4 is 127 Å². The van der Waals surface area contributed by atoms with E-state index in [1.807, 2.05) is 0 Å². The Bertz CT molecular complexity index is 3570. The molecule has 2 aromatic rings. The van der Waals surface area contributed by atoms with E-state index >= 15 is 0 Å². The van der Waals surface area contributed by atoms with Crippen LogP contribution in [0.4, 0.5) is 21.0 Å². The molecule has 9 N–H and O–H groups in total. The van der Waals surface area contributed by atoms with E-state index in [1.54, 1.807) is 47.8 Å². The lowest BCUT2D eigenvalue weighted by Gasteiger charge is -2.47. The van der Waals surface area contributed by atoms with Gasteiger partial charge in [-0.15, -0.1) is 0 Å². The van der Waals surface area contributed by atoms with Crippen LogP contribution in [0, 0.1) is 20.2 Å². The molecule has 47 heteroatoms. The van der Waals surface area contributed by atoms with E-state index < -0.39 is 164 Å². The standard InChI is InChI=1S/C39H60N4O25S4.C21H30N2O10S.CH4S/c1-19-28(41-20(2)44)31(29(46)26(64-19)16-63-71(53,54)55)65-37-33(68-72(56,57)58)30(47)32(60-7)34(66-37)35(48)40-11-13-70-27(45)10-9-12-62-25-15-23(43(51)52)21(14-24(25)59-6)17-69-18-22(36(49)61-8)42-38(50)67-39(3,4)5;1-21(2,3)33-20(27)22-14(19(26)31-5)12-34-11-13-9-16(30-4)17(10-15(13)23(28)29)32-8-6-7-18(24)25;1-2/h14-15,19,22,26,28-34,37,46-47H,9-13,16-18H2,1-8H3,(H,40,48)(H,41,44)(H,42,50)(H,53,54,55)(H,56,57,58);9-10,14H,6-8,11-12H2,1-5H3,(H,22,27)(H,24,25);2H,1H3. The zero-order valence-electron chi connectivity index (χ0n) is 61.3. The number of hydrogen-bond acceptors (Lipinski definition) is 36. The number of nitrogens with one attached hydrogen (secondary N) is 4. The van der Waals surface area contributed by atoms with Crippen molar-refractivity contribution in [3.05, 3.63) is 55.6 Å². The summed E-state index contributed by atoms with van der Waals surface area (Å²) in [7, 11) is -4.42. The minimum Gasteiger partial charge on any atom is -0.493 e. The maximum atomic E-state index is 13.5. The first-order chi connectivity index (χ1) is 50.4. The summed E-state index contributed by atoms with van der Waals surface area (Å²) in [4.78, 5) is 120. The first-order valence-corrected chi connectivity index (χ1v) is 39.0. The summed E-state index contributed by atoms with van der Waals surface area (Å²) in [6, 6.07) is 1.75. The van der Waals surface area contributed by atoms with Gasteiger partial charge in [-0.2, -0.15) is 53.0 Å². The highest BCUT2D eigenvalue weighted by atomic mass is 32.3. The van der Waals surface area contributed by atoms with Gasteiger partial charge in [0.25, 0.3) is 17.3 Å².